The predicted molar refractivity (Wildman–Crippen MR) is 120 cm³/mol. The molecule has 3 aromatic rings. The minimum Gasteiger partial charge on any atom is -0.441 e. The lowest BCUT2D eigenvalue weighted by molar-refractivity contribution is -0.122. The van der Waals surface area contributed by atoms with E-state index >= 15 is 0 Å². The largest absolute Gasteiger partial charge is 0.441 e. The van der Waals surface area contributed by atoms with E-state index in [0.717, 1.165) is 0 Å². The van der Waals surface area contributed by atoms with E-state index in [9.17, 15) is 14.0 Å². The molecule has 0 radical (unpaired) electrons. The van der Waals surface area contributed by atoms with Gasteiger partial charge in [-0.2, -0.15) is 5.10 Å². The molecule has 9 nitrogen and oxygen atoms in total. The monoisotopic (exact) mass is 472 g/mol. The molecule has 1 aliphatic heterocycles. The number of carbonyl (C=O) groups is 2. The van der Waals surface area contributed by atoms with Crippen molar-refractivity contribution >= 4 is 36.0 Å². The molecule has 1 spiro atoms. The molecule has 33 heavy (non-hydrogen) atoms. The highest BCUT2D eigenvalue weighted by Crippen LogP contribution is 2.40. The van der Waals surface area contributed by atoms with Gasteiger partial charge in [0.15, 0.2) is 11.6 Å². The second kappa shape index (κ2) is 9.14. The number of ether oxygens (including phenoxy) is 1. The molecule has 1 aliphatic carbocycles. The molecule has 1 saturated heterocycles. The molecular formula is C22H22ClFN6O3. The van der Waals surface area contributed by atoms with Gasteiger partial charge in [-0.1, -0.05) is 12.1 Å². The van der Waals surface area contributed by atoms with Crippen molar-refractivity contribution in [3.63, 3.8) is 0 Å². The molecule has 2 amide bonds. The molecule has 0 bridgehead atoms. The lowest BCUT2D eigenvalue weighted by Gasteiger charge is -2.34. The van der Waals surface area contributed by atoms with Crippen LogP contribution in [0.2, 0.25) is 0 Å². The van der Waals surface area contributed by atoms with Crippen LogP contribution in [0.15, 0.2) is 54.9 Å². The van der Waals surface area contributed by atoms with Gasteiger partial charge in [-0.05, 0) is 49.9 Å². The first-order chi connectivity index (χ1) is 15.5. The number of para-hydroxylation sites is 1. The summed E-state index contributed by atoms with van der Waals surface area (Å²) in [6.07, 6.45) is 5.04. The molecule has 1 aromatic carbocycles. The molecule has 172 valence electrons. The van der Waals surface area contributed by atoms with Crippen LogP contribution in [0.4, 0.5) is 20.8 Å². The summed E-state index contributed by atoms with van der Waals surface area (Å²) in [5, 5.41) is 14.9. The third kappa shape index (κ3) is 4.51. The normalized spacial score (nSPS) is 22.0. The number of halogens is 2. The summed E-state index contributed by atoms with van der Waals surface area (Å²) in [4.78, 5) is 26.6. The fraction of sp³-hybridized carbons (Fsp3) is 0.318. The second-order valence-corrected chi connectivity index (χ2v) is 8.08. The minimum absolute atomic E-state index is 0. The summed E-state index contributed by atoms with van der Waals surface area (Å²) >= 11 is 0. The van der Waals surface area contributed by atoms with Crippen LogP contribution in [0, 0.1) is 11.7 Å². The number of amides is 2. The molecule has 0 unspecified atom stereocenters. The highest BCUT2D eigenvalue weighted by atomic mass is 35.5. The zero-order chi connectivity index (χ0) is 22.1. The van der Waals surface area contributed by atoms with E-state index in [1.54, 1.807) is 48.8 Å². The summed E-state index contributed by atoms with van der Waals surface area (Å²) in [6, 6.07) is 11.4. The quantitative estimate of drug-likeness (QED) is 0.620. The molecule has 3 heterocycles. The molecule has 2 aliphatic rings. The minimum atomic E-state index is -0.613. The Morgan fingerprint density at radius 2 is 1.94 bits per heavy atom. The first-order valence-electron chi connectivity index (χ1n) is 10.4. The lowest BCUT2D eigenvalue weighted by Crippen LogP contribution is -2.41. The SMILES string of the molecule is Cl.O=C1O[C@]2(CC[C@H](C(=O)Nc3ccn(-c4ccccc4F)n3)CC2)CN1c1cccnn1. The van der Waals surface area contributed by atoms with Crippen molar-refractivity contribution in [3.05, 3.63) is 60.7 Å². The molecule has 1 saturated carbocycles. The molecule has 11 heteroatoms. The van der Waals surface area contributed by atoms with Crippen LogP contribution >= 0.6 is 12.4 Å². The number of carbonyl (C=O) groups excluding carboxylic acids is 2. The van der Waals surface area contributed by atoms with Crippen molar-refractivity contribution in [2.75, 3.05) is 16.8 Å². The van der Waals surface area contributed by atoms with Gasteiger partial charge in [0, 0.05) is 24.4 Å². The number of nitrogens with zero attached hydrogens (tertiary/aromatic N) is 5. The van der Waals surface area contributed by atoms with Crippen LogP contribution in [0.1, 0.15) is 25.7 Å². The Morgan fingerprint density at radius 1 is 1.15 bits per heavy atom. The first-order valence-corrected chi connectivity index (χ1v) is 10.4. The molecule has 5 rings (SSSR count). The first kappa shape index (κ1) is 22.7. The maximum Gasteiger partial charge on any atom is 0.416 e. The van der Waals surface area contributed by atoms with Crippen LogP contribution in [-0.2, 0) is 9.53 Å². The average molecular weight is 473 g/mol. The number of nitrogens with one attached hydrogen (secondary N) is 1. The van der Waals surface area contributed by atoms with Gasteiger partial charge in [-0.3, -0.25) is 9.69 Å². The standard InChI is InChI=1S/C22H21FN6O3.ClH/c23-16-4-1-2-5-17(16)29-13-9-18(27-29)25-20(30)15-7-10-22(11-8-15)14-28(21(31)32-22)19-6-3-12-24-26-19;/h1-6,9,12-13,15H,7-8,10-11,14H2,(H,25,27,30);1H/t15-,22-;. The number of hydrogen-bond acceptors (Lipinski definition) is 6. The summed E-state index contributed by atoms with van der Waals surface area (Å²) < 4.78 is 21.0. The van der Waals surface area contributed by atoms with Crippen molar-refractivity contribution in [1.82, 2.24) is 20.0 Å². The third-order valence-corrected chi connectivity index (χ3v) is 6.01. The van der Waals surface area contributed by atoms with Crippen molar-refractivity contribution < 1.29 is 18.7 Å². The smallest absolute Gasteiger partial charge is 0.416 e. The summed E-state index contributed by atoms with van der Waals surface area (Å²) in [5.74, 6) is 0.0595. The molecule has 0 atom stereocenters. The molecule has 2 aromatic heterocycles. The van der Waals surface area contributed by atoms with Crippen LogP contribution < -0.4 is 10.2 Å². The van der Waals surface area contributed by atoms with E-state index in [-0.39, 0.29) is 24.2 Å². The van der Waals surface area contributed by atoms with Crippen LogP contribution in [0.25, 0.3) is 5.69 Å². The lowest BCUT2D eigenvalue weighted by atomic mass is 9.78. The van der Waals surface area contributed by atoms with Gasteiger partial charge in [0.25, 0.3) is 0 Å². The van der Waals surface area contributed by atoms with Crippen molar-refractivity contribution in [2.45, 2.75) is 31.3 Å². The van der Waals surface area contributed by atoms with Crippen molar-refractivity contribution in [2.24, 2.45) is 5.92 Å². The van der Waals surface area contributed by atoms with Gasteiger partial charge in [0.1, 0.15) is 17.1 Å². The number of anilines is 2. The number of benzene rings is 1. The fourth-order valence-corrected chi connectivity index (χ4v) is 4.29. The molecule has 2 fully saturated rings. The van der Waals surface area contributed by atoms with E-state index < -0.39 is 17.5 Å². The predicted octanol–water partition coefficient (Wildman–Crippen LogP) is 3.75. The highest BCUT2D eigenvalue weighted by Gasteiger charge is 2.49. The summed E-state index contributed by atoms with van der Waals surface area (Å²) in [5.41, 5.74) is -0.305. The van der Waals surface area contributed by atoms with Gasteiger partial charge >= 0.3 is 6.09 Å². The van der Waals surface area contributed by atoms with Gasteiger partial charge < -0.3 is 10.1 Å². The zero-order valence-electron chi connectivity index (χ0n) is 17.6. The van der Waals surface area contributed by atoms with E-state index in [4.69, 9.17) is 4.74 Å². The molecular weight excluding hydrogens is 451 g/mol. The Balaban J connectivity index is 0.00000259. The fourth-order valence-electron chi connectivity index (χ4n) is 4.29. The number of aromatic nitrogens is 4. The summed E-state index contributed by atoms with van der Waals surface area (Å²) in [7, 11) is 0. The number of hydrogen-bond donors (Lipinski definition) is 1. The number of rotatable bonds is 4. The van der Waals surface area contributed by atoms with Gasteiger partial charge in [0.2, 0.25) is 5.91 Å². The highest BCUT2D eigenvalue weighted by molar-refractivity contribution is 5.92. The maximum absolute atomic E-state index is 14.0. The Hall–Kier alpha value is -3.53. The van der Waals surface area contributed by atoms with Gasteiger partial charge in [0.05, 0.1) is 6.54 Å². The van der Waals surface area contributed by atoms with Gasteiger partial charge in [-0.15, -0.1) is 22.6 Å². The second-order valence-electron chi connectivity index (χ2n) is 8.08. The summed E-state index contributed by atoms with van der Waals surface area (Å²) in [6.45, 7) is 0.395. The van der Waals surface area contributed by atoms with Crippen LogP contribution in [0.3, 0.4) is 0 Å². The third-order valence-electron chi connectivity index (χ3n) is 6.01. The van der Waals surface area contributed by atoms with E-state index in [2.05, 4.69) is 20.6 Å². The molecule has 1 N–H and O–H groups in total. The van der Waals surface area contributed by atoms with Crippen molar-refractivity contribution in [3.8, 4) is 5.69 Å². The maximum atomic E-state index is 14.0. The van der Waals surface area contributed by atoms with Gasteiger partial charge in [-0.25, -0.2) is 13.9 Å². The Kier molecular flexibility index (Phi) is 6.28. The van der Waals surface area contributed by atoms with Crippen molar-refractivity contribution in [1.29, 1.82) is 0 Å². The van der Waals surface area contributed by atoms with E-state index in [1.807, 2.05) is 0 Å². The van der Waals surface area contributed by atoms with E-state index in [0.29, 0.717) is 49.6 Å². The van der Waals surface area contributed by atoms with Crippen LogP contribution in [-0.4, -0.2) is 44.1 Å². The Bertz CT molecular complexity index is 1150. The zero-order valence-corrected chi connectivity index (χ0v) is 18.4. The Labute approximate surface area is 195 Å². The average Bonchev–Trinajstić information content (AvgIpc) is 3.39. The van der Waals surface area contributed by atoms with Crippen LogP contribution in [0.5, 0.6) is 0 Å². The van der Waals surface area contributed by atoms with E-state index in [1.165, 1.54) is 15.6 Å². The topological polar surface area (TPSA) is 102 Å². The Morgan fingerprint density at radius 3 is 2.67 bits per heavy atom.